The highest BCUT2D eigenvalue weighted by molar-refractivity contribution is 5.43. The van der Waals surface area contributed by atoms with Crippen molar-refractivity contribution in [1.82, 2.24) is 0 Å². The van der Waals surface area contributed by atoms with Crippen molar-refractivity contribution < 1.29 is 4.74 Å². The van der Waals surface area contributed by atoms with Gasteiger partial charge < -0.3 is 4.74 Å². The second kappa shape index (κ2) is 4.46. The third-order valence-electron chi connectivity index (χ3n) is 5.09. The Labute approximate surface area is 123 Å². The van der Waals surface area contributed by atoms with E-state index in [2.05, 4.69) is 24.3 Å². The molecule has 0 radical (unpaired) electrons. The van der Waals surface area contributed by atoms with Crippen molar-refractivity contribution in [3.05, 3.63) is 23.3 Å². The molecule has 102 valence electrons. The number of fused-ring (bicyclic) bond motifs is 5. The van der Waals surface area contributed by atoms with Gasteiger partial charge in [-0.1, -0.05) is 12.2 Å². The summed E-state index contributed by atoms with van der Waals surface area (Å²) in [5.41, 5.74) is -0.982. The first-order chi connectivity index (χ1) is 10.2. The highest BCUT2D eigenvalue weighted by Crippen LogP contribution is 2.62. The fourth-order valence-corrected chi connectivity index (χ4v) is 3.88. The first kappa shape index (κ1) is 13.4. The SMILES string of the molecule is N#C/C1=C(\C#N)CCC2(C#N)C3C=CC(O3)C2(C#N)CC1. The molecule has 0 aromatic rings. The Hall–Kier alpha value is -2.60. The van der Waals surface area contributed by atoms with E-state index < -0.39 is 23.0 Å². The number of ether oxygens (including phenoxy) is 1. The molecule has 1 fully saturated rings. The lowest BCUT2D eigenvalue weighted by molar-refractivity contribution is 0.0898. The number of nitrogens with zero attached hydrogens (tertiary/aromatic N) is 4. The maximum atomic E-state index is 9.79. The Kier molecular flexibility index (Phi) is 2.84. The standard InChI is InChI=1S/C16H12N4O/c17-7-11-3-5-15(9-19)13-1-2-14(21-13)16(15,10-20)6-4-12(11)8-18/h1-2,13-14H,3-6H2/b12-11-. The molecule has 5 heteroatoms. The summed E-state index contributed by atoms with van der Waals surface area (Å²) in [4.78, 5) is 0. The lowest BCUT2D eigenvalue weighted by atomic mass is 9.54. The van der Waals surface area contributed by atoms with E-state index in [0.29, 0.717) is 36.8 Å². The predicted molar refractivity (Wildman–Crippen MR) is 70.6 cm³/mol. The molecule has 2 heterocycles. The van der Waals surface area contributed by atoms with Crippen molar-refractivity contribution in [1.29, 1.82) is 21.0 Å². The van der Waals surface area contributed by atoms with Crippen LogP contribution in [0.5, 0.6) is 0 Å². The summed E-state index contributed by atoms with van der Waals surface area (Å²) in [6.07, 6.45) is 4.35. The maximum absolute atomic E-state index is 9.79. The Morgan fingerprint density at radius 2 is 1.29 bits per heavy atom. The van der Waals surface area contributed by atoms with Crippen LogP contribution in [-0.2, 0) is 4.74 Å². The summed E-state index contributed by atoms with van der Waals surface area (Å²) in [5, 5.41) is 38.0. The highest BCUT2D eigenvalue weighted by atomic mass is 16.5. The average Bonchev–Trinajstić information content (AvgIpc) is 3.07. The second-order valence-electron chi connectivity index (χ2n) is 5.71. The van der Waals surface area contributed by atoms with E-state index >= 15 is 0 Å². The van der Waals surface area contributed by atoms with Gasteiger partial charge in [-0.15, -0.1) is 0 Å². The van der Waals surface area contributed by atoms with Gasteiger partial charge in [-0.25, -0.2) is 0 Å². The van der Waals surface area contributed by atoms with Crippen LogP contribution in [0.25, 0.3) is 0 Å². The van der Waals surface area contributed by atoms with Gasteiger partial charge in [0.25, 0.3) is 0 Å². The molecule has 0 N–H and O–H groups in total. The molecule has 0 saturated carbocycles. The first-order valence-corrected chi connectivity index (χ1v) is 6.86. The van der Waals surface area contributed by atoms with E-state index in [-0.39, 0.29) is 0 Å². The fourth-order valence-electron chi connectivity index (χ4n) is 3.88. The molecule has 2 bridgehead atoms. The van der Waals surface area contributed by atoms with Gasteiger partial charge in [0.1, 0.15) is 10.8 Å². The van der Waals surface area contributed by atoms with E-state index in [9.17, 15) is 21.0 Å². The number of nitriles is 4. The molecule has 4 atom stereocenters. The highest BCUT2D eigenvalue weighted by Gasteiger charge is 2.68. The summed E-state index contributed by atoms with van der Waals surface area (Å²) in [7, 11) is 0. The topological polar surface area (TPSA) is 104 Å². The van der Waals surface area contributed by atoms with Gasteiger partial charge in [-0.3, -0.25) is 0 Å². The molecule has 2 aliphatic heterocycles. The van der Waals surface area contributed by atoms with Gasteiger partial charge in [0.15, 0.2) is 0 Å². The van der Waals surface area contributed by atoms with Gasteiger partial charge in [-0.2, -0.15) is 21.0 Å². The van der Waals surface area contributed by atoms with E-state index in [1.807, 2.05) is 12.2 Å². The van der Waals surface area contributed by atoms with Crippen molar-refractivity contribution in [2.45, 2.75) is 37.9 Å². The minimum Gasteiger partial charge on any atom is -0.363 e. The van der Waals surface area contributed by atoms with E-state index in [0.717, 1.165) is 0 Å². The van der Waals surface area contributed by atoms with E-state index in [4.69, 9.17) is 4.74 Å². The van der Waals surface area contributed by atoms with Gasteiger partial charge in [0.2, 0.25) is 0 Å². The normalized spacial score (nSPS) is 43.6. The fraction of sp³-hybridized carbons (Fsp3) is 0.500. The molecule has 0 aromatic carbocycles. The van der Waals surface area contributed by atoms with Crippen LogP contribution >= 0.6 is 0 Å². The quantitative estimate of drug-likeness (QED) is 0.631. The molecular weight excluding hydrogens is 264 g/mol. The van der Waals surface area contributed by atoms with Crippen LogP contribution in [0.1, 0.15) is 25.7 Å². The van der Waals surface area contributed by atoms with Crippen LogP contribution in [0.15, 0.2) is 23.3 Å². The molecule has 0 amide bonds. The van der Waals surface area contributed by atoms with Crippen molar-refractivity contribution in [3.63, 3.8) is 0 Å². The lowest BCUT2D eigenvalue weighted by Crippen LogP contribution is -2.47. The first-order valence-electron chi connectivity index (χ1n) is 6.86. The molecule has 3 aliphatic rings. The zero-order valence-electron chi connectivity index (χ0n) is 11.3. The second-order valence-corrected chi connectivity index (χ2v) is 5.71. The van der Waals surface area contributed by atoms with Crippen LogP contribution in [-0.4, -0.2) is 12.2 Å². The van der Waals surface area contributed by atoms with Crippen LogP contribution in [0.2, 0.25) is 0 Å². The molecule has 3 rings (SSSR count). The smallest absolute Gasteiger partial charge is 0.109 e. The molecular formula is C16H12N4O. The molecule has 4 unspecified atom stereocenters. The zero-order valence-corrected chi connectivity index (χ0v) is 11.3. The Bertz CT molecular complexity index is 663. The average molecular weight is 276 g/mol. The van der Waals surface area contributed by atoms with Crippen molar-refractivity contribution in [2.75, 3.05) is 0 Å². The number of rotatable bonds is 0. The van der Waals surface area contributed by atoms with Gasteiger partial charge in [0, 0.05) is 11.1 Å². The summed E-state index contributed by atoms with van der Waals surface area (Å²) in [6, 6.07) is 8.82. The van der Waals surface area contributed by atoms with E-state index in [1.54, 1.807) is 0 Å². The summed E-state index contributed by atoms with van der Waals surface area (Å²) < 4.78 is 5.82. The minimum absolute atomic E-state index is 0.344. The summed E-state index contributed by atoms with van der Waals surface area (Å²) in [6.45, 7) is 0. The third kappa shape index (κ3) is 1.45. The Morgan fingerprint density at radius 3 is 1.62 bits per heavy atom. The lowest BCUT2D eigenvalue weighted by Gasteiger charge is -2.41. The number of allylic oxidation sites excluding steroid dienone is 2. The number of hydrogen-bond donors (Lipinski definition) is 0. The maximum Gasteiger partial charge on any atom is 0.109 e. The molecule has 1 aliphatic carbocycles. The van der Waals surface area contributed by atoms with Crippen molar-refractivity contribution >= 4 is 0 Å². The van der Waals surface area contributed by atoms with Crippen LogP contribution in [0, 0.1) is 56.2 Å². The van der Waals surface area contributed by atoms with Crippen LogP contribution in [0.3, 0.4) is 0 Å². The molecule has 5 nitrogen and oxygen atoms in total. The molecule has 0 spiro atoms. The summed E-state index contributed by atoms with van der Waals surface area (Å²) in [5.74, 6) is 0. The molecule has 1 saturated heterocycles. The monoisotopic (exact) mass is 276 g/mol. The van der Waals surface area contributed by atoms with Crippen molar-refractivity contribution in [3.8, 4) is 24.3 Å². The summed E-state index contributed by atoms with van der Waals surface area (Å²) >= 11 is 0. The van der Waals surface area contributed by atoms with Crippen LogP contribution in [0.4, 0.5) is 0 Å². The molecule has 0 aromatic heterocycles. The van der Waals surface area contributed by atoms with Crippen LogP contribution < -0.4 is 0 Å². The van der Waals surface area contributed by atoms with Gasteiger partial charge in [0.05, 0.1) is 36.5 Å². The van der Waals surface area contributed by atoms with Gasteiger partial charge in [-0.05, 0) is 25.7 Å². The largest absolute Gasteiger partial charge is 0.363 e. The van der Waals surface area contributed by atoms with Gasteiger partial charge >= 0.3 is 0 Å². The Morgan fingerprint density at radius 1 is 0.857 bits per heavy atom. The van der Waals surface area contributed by atoms with E-state index in [1.165, 1.54) is 0 Å². The third-order valence-corrected chi connectivity index (χ3v) is 5.09. The number of hydrogen-bond acceptors (Lipinski definition) is 5. The van der Waals surface area contributed by atoms with Crippen molar-refractivity contribution in [2.24, 2.45) is 10.8 Å². The zero-order chi connectivity index (χ0) is 15.1. The minimum atomic E-state index is -0.926. The predicted octanol–water partition coefficient (Wildman–Crippen LogP) is 2.26. The molecule has 21 heavy (non-hydrogen) atoms. The Balaban J connectivity index is 2.14.